The average Bonchev–Trinajstić information content (AvgIpc) is 2.64. The third-order valence-corrected chi connectivity index (χ3v) is 2.20. The molecule has 1 atom stereocenters. The van der Waals surface area contributed by atoms with Crippen molar-refractivity contribution in [2.24, 2.45) is 0 Å². The molecule has 0 aliphatic heterocycles. The molecule has 0 saturated heterocycles. The number of allylic oxidation sites excluding steroid dienone is 5. The van der Waals surface area contributed by atoms with E-state index in [1.807, 2.05) is 31.2 Å². The Kier molecular flexibility index (Phi) is 4.11. The van der Waals surface area contributed by atoms with E-state index in [9.17, 15) is 10.1 Å². The Balaban J connectivity index is 2.59. The molecule has 0 N–H and O–H groups in total. The van der Waals surface area contributed by atoms with Crippen LogP contribution in [-0.4, -0.2) is 11.0 Å². The lowest BCUT2D eigenvalue weighted by atomic mass is 10.1. The molecular formula is C11H15NO2. The first-order valence-electron chi connectivity index (χ1n) is 4.94. The highest BCUT2D eigenvalue weighted by Gasteiger charge is 2.16. The Labute approximate surface area is 84.0 Å². The predicted octanol–water partition coefficient (Wildman–Crippen LogP) is 2.87. The molecular weight excluding hydrogens is 178 g/mol. The lowest BCUT2D eigenvalue weighted by molar-refractivity contribution is -0.510. The molecule has 0 aromatic heterocycles. The number of hydrogen-bond acceptors (Lipinski definition) is 2. The minimum atomic E-state index is -0.530. The van der Waals surface area contributed by atoms with Gasteiger partial charge in [-0.25, -0.2) is 0 Å². The van der Waals surface area contributed by atoms with Crippen LogP contribution in [0, 0.1) is 10.1 Å². The Bertz CT molecular complexity index is 276. The molecule has 3 heteroatoms. The van der Waals surface area contributed by atoms with Gasteiger partial charge in [0.1, 0.15) is 0 Å². The van der Waals surface area contributed by atoms with Gasteiger partial charge in [-0.3, -0.25) is 10.1 Å². The molecule has 1 unspecified atom stereocenters. The lowest BCUT2D eigenvalue weighted by Crippen LogP contribution is -2.16. The molecule has 1 rings (SSSR count). The van der Waals surface area contributed by atoms with Crippen LogP contribution in [-0.2, 0) is 0 Å². The van der Waals surface area contributed by atoms with E-state index in [0.29, 0.717) is 6.42 Å². The summed E-state index contributed by atoms with van der Waals surface area (Å²) < 4.78 is 0. The van der Waals surface area contributed by atoms with Gasteiger partial charge in [-0.15, -0.1) is 0 Å². The number of nitrogens with zero attached hydrogens (tertiary/aromatic N) is 1. The number of nitro groups is 1. The topological polar surface area (TPSA) is 43.1 Å². The molecule has 76 valence electrons. The summed E-state index contributed by atoms with van der Waals surface area (Å²) >= 11 is 0. The smallest absolute Gasteiger partial charge is 0.232 e. The highest BCUT2D eigenvalue weighted by atomic mass is 16.6. The molecule has 0 saturated carbocycles. The second-order valence-corrected chi connectivity index (χ2v) is 3.38. The summed E-state index contributed by atoms with van der Waals surface area (Å²) in [6, 6.07) is -0.530. The fourth-order valence-corrected chi connectivity index (χ4v) is 1.39. The summed E-state index contributed by atoms with van der Waals surface area (Å²) in [5, 5.41) is 10.7. The summed E-state index contributed by atoms with van der Waals surface area (Å²) in [5.41, 5.74) is 0.947. The van der Waals surface area contributed by atoms with Crippen LogP contribution < -0.4 is 0 Å². The van der Waals surface area contributed by atoms with Gasteiger partial charge in [-0.05, 0) is 18.1 Å². The molecule has 0 aromatic carbocycles. The largest absolute Gasteiger partial charge is 0.264 e. The number of rotatable bonds is 5. The maximum Gasteiger partial charge on any atom is 0.232 e. The van der Waals surface area contributed by atoms with Crippen LogP contribution in [0.25, 0.3) is 0 Å². The standard InChI is InChI=1S/C11H15NO2/c1-2-3-8-11(12(13)14)9-10-6-4-5-7-10/h4-7,9,11H,2-3,8H2,1H3. The molecule has 0 amide bonds. The monoisotopic (exact) mass is 193 g/mol. The summed E-state index contributed by atoms with van der Waals surface area (Å²) in [7, 11) is 0. The average molecular weight is 193 g/mol. The fourth-order valence-electron chi connectivity index (χ4n) is 1.39. The first kappa shape index (κ1) is 10.7. The van der Waals surface area contributed by atoms with Gasteiger partial charge in [-0.2, -0.15) is 0 Å². The minimum absolute atomic E-state index is 0.206. The predicted molar refractivity (Wildman–Crippen MR) is 56.7 cm³/mol. The molecule has 0 heterocycles. The van der Waals surface area contributed by atoms with Crippen LogP contribution in [0.5, 0.6) is 0 Å². The summed E-state index contributed by atoms with van der Waals surface area (Å²) in [5.74, 6) is 0. The molecule has 14 heavy (non-hydrogen) atoms. The van der Waals surface area contributed by atoms with E-state index in [4.69, 9.17) is 0 Å². The minimum Gasteiger partial charge on any atom is -0.264 e. The van der Waals surface area contributed by atoms with E-state index in [2.05, 4.69) is 0 Å². The third kappa shape index (κ3) is 3.17. The summed E-state index contributed by atoms with van der Waals surface area (Å²) in [6.45, 7) is 2.04. The second-order valence-electron chi connectivity index (χ2n) is 3.38. The van der Waals surface area contributed by atoms with Crippen LogP contribution in [0.15, 0.2) is 36.0 Å². The zero-order chi connectivity index (χ0) is 10.4. The van der Waals surface area contributed by atoms with E-state index >= 15 is 0 Å². The normalized spacial score (nSPS) is 15.9. The maximum absolute atomic E-state index is 10.7. The van der Waals surface area contributed by atoms with Crippen LogP contribution in [0.1, 0.15) is 26.2 Å². The van der Waals surface area contributed by atoms with E-state index in [1.54, 1.807) is 6.08 Å². The SMILES string of the molecule is CCCCC(C=C1C=CC=C1)[N+](=O)[O-]. The molecule has 0 fully saturated rings. The lowest BCUT2D eigenvalue weighted by Gasteiger charge is -2.04. The molecule has 0 bridgehead atoms. The third-order valence-electron chi connectivity index (χ3n) is 2.20. The Hall–Kier alpha value is -1.38. The van der Waals surface area contributed by atoms with Gasteiger partial charge >= 0.3 is 0 Å². The number of hydrogen-bond donors (Lipinski definition) is 0. The van der Waals surface area contributed by atoms with Gasteiger partial charge in [-0.1, -0.05) is 37.6 Å². The Morgan fingerprint density at radius 1 is 1.50 bits per heavy atom. The molecule has 0 aromatic rings. The molecule has 1 aliphatic carbocycles. The zero-order valence-corrected chi connectivity index (χ0v) is 8.35. The molecule has 0 radical (unpaired) electrons. The molecule has 3 nitrogen and oxygen atoms in total. The molecule has 1 aliphatic rings. The van der Waals surface area contributed by atoms with Crippen LogP contribution in [0.3, 0.4) is 0 Å². The Morgan fingerprint density at radius 2 is 2.14 bits per heavy atom. The van der Waals surface area contributed by atoms with Gasteiger partial charge in [0, 0.05) is 11.3 Å². The first-order valence-corrected chi connectivity index (χ1v) is 4.94. The van der Waals surface area contributed by atoms with Gasteiger partial charge < -0.3 is 0 Å². The van der Waals surface area contributed by atoms with Crippen molar-refractivity contribution in [2.45, 2.75) is 32.2 Å². The van der Waals surface area contributed by atoms with Crippen LogP contribution >= 0.6 is 0 Å². The van der Waals surface area contributed by atoms with Gasteiger partial charge in [0.2, 0.25) is 6.04 Å². The highest BCUT2D eigenvalue weighted by Crippen LogP contribution is 2.13. The van der Waals surface area contributed by atoms with Gasteiger partial charge in [0.05, 0.1) is 0 Å². The second kappa shape index (κ2) is 5.37. The van der Waals surface area contributed by atoms with Crippen molar-refractivity contribution in [2.75, 3.05) is 0 Å². The van der Waals surface area contributed by atoms with Gasteiger partial charge in [0.15, 0.2) is 0 Å². The fraction of sp³-hybridized carbons (Fsp3) is 0.455. The Morgan fingerprint density at radius 3 is 2.64 bits per heavy atom. The summed E-state index contributed by atoms with van der Waals surface area (Å²) in [6.07, 6.45) is 11.8. The van der Waals surface area contributed by atoms with E-state index < -0.39 is 6.04 Å². The summed E-state index contributed by atoms with van der Waals surface area (Å²) in [4.78, 5) is 10.5. The van der Waals surface area contributed by atoms with Crippen LogP contribution in [0.2, 0.25) is 0 Å². The van der Waals surface area contributed by atoms with Crippen molar-refractivity contribution >= 4 is 0 Å². The van der Waals surface area contributed by atoms with Gasteiger partial charge in [0.25, 0.3) is 0 Å². The van der Waals surface area contributed by atoms with E-state index in [-0.39, 0.29) is 4.92 Å². The van der Waals surface area contributed by atoms with Crippen molar-refractivity contribution in [3.05, 3.63) is 46.1 Å². The molecule has 0 spiro atoms. The number of unbranched alkanes of at least 4 members (excludes halogenated alkanes) is 1. The quantitative estimate of drug-likeness (QED) is 0.497. The van der Waals surface area contributed by atoms with Crippen molar-refractivity contribution in [1.29, 1.82) is 0 Å². The maximum atomic E-state index is 10.7. The zero-order valence-electron chi connectivity index (χ0n) is 8.35. The first-order chi connectivity index (χ1) is 6.74. The highest BCUT2D eigenvalue weighted by molar-refractivity contribution is 5.40. The van der Waals surface area contributed by atoms with E-state index in [0.717, 1.165) is 18.4 Å². The van der Waals surface area contributed by atoms with Crippen molar-refractivity contribution in [3.8, 4) is 0 Å². The van der Waals surface area contributed by atoms with Crippen molar-refractivity contribution in [3.63, 3.8) is 0 Å². The van der Waals surface area contributed by atoms with Crippen LogP contribution in [0.4, 0.5) is 0 Å². The van der Waals surface area contributed by atoms with Crippen molar-refractivity contribution < 1.29 is 4.92 Å². The van der Waals surface area contributed by atoms with Crippen molar-refractivity contribution in [1.82, 2.24) is 0 Å². The van der Waals surface area contributed by atoms with E-state index in [1.165, 1.54) is 0 Å².